The van der Waals surface area contributed by atoms with E-state index in [1.807, 2.05) is 0 Å². The van der Waals surface area contributed by atoms with Gasteiger partial charge in [-0.25, -0.2) is 0 Å². The van der Waals surface area contributed by atoms with Gasteiger partial charge >= 0.3 is 0 Å². The lowest BCUT2D eigenvalue weighted by Crippen LogP contribution is -2.04. The van der Waals surface area contributed by atoms with Crippen LogP contribution in [0.1, 0.15) is 78.0 Å². The van der Waals surface area contributed by atoms with E-state index < -0.39 is 0 Å². The van der Waals surface area contributed by atoms with Crippen LogP contribution in [0.2, 0.25) is 0 Å². The van der Waals surface area contributed by atoms with Crippen molar-refractivity contribution >= 4 is 5.78 Å². The molecule has 0 N–H and O–H groups in total. The first-order valence-electron chi connectivity index (χ1n) is 7.04. The number of carbonyl (C=O) groups excluding carboxylic acids is 1. The first-order chi connectivity index (χ1) is 8.33. The molecule has 0 radical (unpaired) electrons. The molecule has 2 fully saturated rings. The minimum Gasteiger partial charge on any atom is -0.298 e. The molecule has 5 rings (SSSR count). The fourth-order valence-corrected chi connectivity index (χ4v) is 5.00. The fraction of sp³-hybridized carbons (Fsp3) is 0.562. The number of rotatable bonds is 0. The number of benzene rings is 1. The average Bonchev–Trinajstić information content (AvgIpc) is 3.07. The van der Waals surface area contributed by atoms with E-state index in [2.05, 4.69) is 12.1 Å². The number of hydrogen-bond acceptors (Lipinski definition) is 1. The zero-order chi connectivity index (χ0) is 11.1. The minimum absolute atomic E-state index is 0.277. The molecule has 86 valence electrons. The molecule has 1 aromatic carbocycles. The zero-order valence-electron chi connectivity index (χ0n) is 9.91. The number of ketones is 1. The first-order valence-corrected chi connectivity index (χ1v) is 7.04. The fourth-order valence-electron chi connectivity index (χ4n) is 5.00. The molecule has 4 aliphatic rings. The van der Waals surface area contributed by atoms with Crippen LogP contribution in [0.3, 0.4) is 0 Å². The lowest BCUT2D eigenvalue weighted by molar-refractivity contribution is -0.119. The second kappa shape index (κ2) is 2.66. The summed E-state index contributed by atoms with van der Waals surface area (Å²) in [6, 6.07) is 4.85. The number of fused-ring (bicyclic) bond motifs is 10. The van der Waals surface area contributed by atoms with Crippen molar-refractivity contribution in [2.24, 2.45) is 0 Å². The Labute approximate surface area is 101 Å². The van der Waals surface area contributed by atoms with E-state index in [0.717, 1.165) is 24.7 Å². The summed E-state index contributed by atoms with van der Waals surface area (Å²) < 4.78 is 0. The van der Waals surface area contributed by atoms with Crippen molar-refractivity contribution in [3.8, 4) is 0 Å². The van der Waals surface area contributed by atoms with Crippen LogP contribution >= 0.6 is 0 Å². The number of Topliss-reactive ketones (excluding diaryl/α,β-unsaturated/α-hetero) is 1. The normalized spacial score (nSPS) is 39.9. The van der Waals surface area contributed by atoms with E-state index in [9.17, 15) is 4.79 Å². The largest absolute Gasteiger partial charge is 0.298 e. The van der Waals surface area contributed by atoms with Crippen molar-refractivity contribution < 1.29 is 4.79 Å². The van der Waals surface area contributed by atoms with Crippen molar-refractivity contribution in [1.82, 2.24) is 0 Å². The third-order valence-corrected chi connectivity index (χ3v) is 5.78. The van der Waals surface area contributed by atoms with E-state index in [-0.39, 0.29) is 11.8 Å². The predicted molar refractivity (Wildman–Crippen MR) is 65.5 cm³/mol. The molecule has 0 amide bonds. The van der Waals surface area contributed by atoms with Crippen LogP contribution in [0.4, 0.5) is 0 Å². The molecule has 1 nitrogen and oxygen atoms in total. The van der Waals surface area contributed by atoms with Crippen LogP contribution in [-0.4, -0.2) is 5.78 Å². The van der Waals surface area contributed by atoms with Crippen LogP contribution in [0.25, 0.3) is 0 Å². The molecule has 1 heteroatoms. The number of hydrogen-bond donors (Lipinski definition) is 0. The van der Waals surface area contributed by atoms with Crippen molar-refractivity contribution in [3.05, 3.63) is 34.4 Å². The van der Waals surface area contributed by atoms with E-state index in [1.54, 1.807) is 11.1 Å². The van der Waals surface area contributed by atoms with Gasteiger partial charge in [-0.05, 0) is 66.2 Å². The highest BCUT2D eigenvalue weighted by atomic mass is 16.1. The Hall–Kier alpha value is -1.11. The quantitative estimate of drug-likeness (QED) is 0.658. The summed E-state index contributed by atoms with van der Waals surface area (Å²) in [7, 11) is 0. The second-order valence-electron chi connectivity index (χ2n) is 6.40. The molecule has 4 atom stereocenters. The average molecular weight is 224 g/mol. The molecule has 0 saturated heterocycles. The summed E-state index contributed by atoms with van der Waals surface area (Å²) in [6.45, 7) is 0. The lowest BCUT2D eigenvalue weighted by atomic mass is 9.83. The first kappa shape index (κ1) is 8.91. The Morgan fingerprint density at radius 2 is 1.29 bits per heavy atom. The Balaban J connectivity index is 1.77. The maximum Gasteiger partial charge on any atom is 0.147 e. The van der Waals surface area contributed by atoms with Crippen LogP contribution in [0, 0.1) is 0 Å². The Morgan fingerprint density at radius 3 is 1.82 bits per heavy atom. The molecular weight excluding hydrogens is 208 g/mol. The molecule has 0 aromatic heterocycles. The van der Waals surface area contributed by atoms with Crippen LogP contribution in [0.5, 0.6) is 0 Å². The van der Waals surface area contributed by atoms with Crippen LogP contribution < -0.4 is 0 Å². The minimum atomic E-state index is 0.277. The third-order valence-electron chi connectivity index (χ3n) is 5.78. The van der Waals surface area contributed by atoms with E-state index in [4.69, 9.17) is 0 Å². The highest BCUT2D eigenvalue weighted by molar-refractivity contribution is 5.99. The van der Waals surface area contributed by atoms with Gasteiger partial charge in [0.05, 0.1) is 0 Å². The summed E-state index contributed by atoms with van der Waals surface area (Å²) in [5.74, 6) is 2.74. The Morgan fingerprint density at radius 1 is 0.765 bits per heavy atom. The van der Waals surface area contributed by atoms with Gasteiger partial charge in [-0.1, -0.05) is 12.1 Å². The van der Waals surface area contributed by atoms with Gasteiger partial charge in [0.25, 0.3) is 0 Å². The molecule has 4 bridgehead atoms. The Kier molecular flexibility index (Phi) is 1.39. The smallest absolute Gasteiger partial charge is 0.147 e. The summed E-state index contributed by atoms with van der Waals surface area (Å²) in [5.41, 5.74) is 6.05. The van der Waals surface area contributed by atoms with Crippen molar-refractivity contribution in [3.63, 3.8) is 0 Å². The molecule has 0 aliphatic heterocycles. The number of carbonyl (C=O) groups is 1. The van der Waals surface area contributed by atoms with Crippen molar-refractivity contribution in [2.75, 3.05) is 0 Å². The van der Waals surface area contributed by atoms with E-state index >= 15 is 0 Å². The van der Waals surface area contributed by atoms with Gasteiger partial charge in [0, 0.05) is 11.8 Å². The maximum absolute atomic E-state index is 12.1. The lowest BCUT2D eigenvalue weighted by Gasteiger charge is -2.21. The van der Waals surface area contributed by atoms with Gasteiger partial charge in [-0.3, -0.25) is 4.79 Å². The Bertz CT molecular complexity index is 510. The zero-order valence-corrected chi connectivity index (χ0v) is 9.91. The molecule has 0 spiro atoms. The second-order valence-corrected chi connectivity index (χ2v) is 6.40. The highest BCUT2D eigenvalue weighted by Crippen LogP contribution is 2.58. The molecular formula is C16H16O. The summed E-state index contributed by atoms with van der Waals surface area (Å²) in [5, 5.41) is 0. The summed E-state index contributed by atoms with van der Waals surface area (Å²) in [4.78, 5) is 12.1. The molecule has 0 heterocycles. The summed E-state index contributed by atoms with van der Waals surface area (Å²) >= 11 is 0. The van der Waals surface area contributed by atoms with Gasteiger partial charge in [0.2, 0.25) is 0 Å². The molecule has 17 heavy (non-hydrogen) atoms. The van der Waals surface area contributed by atoms with Gasteiger partial charge in [0.1, 0.15) is 5.78 Å². The molecule has 0 unspecified atom stereocenters. The van der Waals surface area contributed by atoms with E-state index in [0.29, 0.717) is 5.78 Å². The topological polar surface area (TPSA) is 17.1 Å². The predicted octanol–water partition coefficient (Wildman–Crippen LogP) is 3.60. The van der Waals surface area contributed by atoms with Crippen molar-refractivity contribution in [2.45, 2.75) is 55.8 Å². The van der Waals surface area contributed by atoms with Gasteiger partial charge in [0.15, 0.2) is 0 Å². The van der Waals surface area contributed by atoms with Gasteiger partial charge in [-0.15, -0.1) is 0 Å². The van der Waals surface area contributed by atoms with E-state index in [1.165, 1.54) is 30.4 Å². The third kappa shape index (κ3) is 0.884. The maximum atomic E-state index is 12.1. The molecule has 4 aliphatic carbocycles. The van der Waals surface area contributed by atoms with Crippen molar-refractivity contribution in [1.29, 1.82) is 0 Å². The molecule has 1 aromatic rings. The standard InChI is InChI=1S/C16H16O/c17-16-10-3-4-11(16)15-7-13-9-2-1-8(5-9)12(13)6-14(10)15/h6-11H,1-5H2/t8-,9+,10+,11-. The van der Waals surface area contributed by atoms with Crippen LogP contribution in [0.15, 0.2) is 12.1 Å². The monoisotopic (exact) mass is 224 g/mol. The van der Waals surface area contributed by atoms with Crippen LogP contribution in [-0.2, 0) is 4.79 Å². The summed E-state index contributed by atoms with van der Waals surface area (Å²) in [6.07, 6.45) is 6.39. The van der Waals surface area contributed by atoms with Gasteiger partial charge < -0.3 is 0 Å². The molecule has 2 saturated carbocycles. The SMILES string of the molecule is O=C1[C@H]2CC[C@@H]1c1cc3c(cc12)[C@@H]1CC[C@H]3C1. The highest BCUT2D eigenvalue weighted by Gasteiger charge is 2.47. The van der Waals surface area contributed by atoms with Gasteiger partial charge in [-0.2, -0.15) is 0 Å².